The van der Waals surface area contributed by atoms with Crippen LogP contribution in [0.25, 0.3) is 16.5 Å². The number of furan rings is 1. The third-order valence-electron chi connectivity index (χ3n) is 2.76. The molecule has 0 unspecified atom stereocenters. The average molecular weight is 241 g/mol. The van der Waals surface area contributed by atoms with Gasteiger partial charge in [-0.15, -0.1) is 5.43 Å². The summed E-state index contributed by atoms with van der Waals surface area (Å²) in [5.41, 5.74) is 5.65. The first-order chi connectivity index (χ1) is 8.81. The number of methoxy groups -OCH3 is 1. The minimum Gasteiger partial charge on any atom is -0.491 e. The van der Waals surface area contributed by atoms with Crippen molar-refractivity contribution >= 4 is 28.7 Å². The number of hydrogen-bond acceptors (Lipinski definition) is 4. The fourth-order valence-corrected chi connectivity index (χ4v) is 1.98. The standard InChI is InChI=1S/C13H9N2O3/c1-17-12-10(7-14-15-13(12)16)8-3-2-4-11-9(8)5-6-18-11/h2-7H,1H3. The second-order valence-corrected chi connectivity index (χ2v) is 3.73. The average Bonchev–Trinajstić information content (AvgIpc) is 2.86. The van der Waals surface area contributed by atoms with Gasteiger partial charge in [-0.05, 0) is 17.7 Å². The molecular weight excluding hydrogens is 232 g/mol. The number of benzene rings is 1. The molecule has 2 aromatic rings. The molecule has 1 aromatic carbocycles. The van der Waals surface area contributed by atoms with Crippen LogP contribution in [0, 0.1) is 0 Å². The Morgan fingerprint density at radius 1 is 1.28 bits per heavy atom. The van der Waals surface area contributed by atoms with Crippen molar-refractivity contribution in [3.8, 4) is 0 Å². The van der Waals surface area contributed by atoms with Crippen LogP contribution >= 0.6 is 0 Å². The molecule has 5 heteroatoms. The Hall–Kier alpha value is -2.56. The van der Waals surface area contributed by atoms with Gasteiger partial charge in [0.05, 0.1) is 25.2 Å². The summed E-state index contributed by atoms with van der Waals surface area (Å²) in [4.78, 5) is 11.6. The Labute approximate surface area is 103 Å². The molecular formula is C13H9N2O3. The normalized spacial score (nSPS) is 15.1. The third-order valence-corrected chi connectivity index (χ3v) is 2.76. The van der Waals surface area contributed by atoms with Gasteiger partial charge in [0.1, 0.15) is 5.58 Å². The Kier molecular flexibility index (Phi) is 2.37. The molecule has 0 aliphatic carbocycles. The van der Waals surface area contributed by atoms with Gasteiger partial charge in [0, 0.05) is 5.39 Å². The molecule has 1 aliphatic heterocycles. The van der Waals surface area contributed by atoms with E-state index in [0.717, 1.165) is 16.5 Å². The van der Waals surface area contributed by atoms with Gasteiger partial charge in [-0.3, -0.25) is 4.79 Å². The van der Waals surface area contributed by atoms with Crippen LogP contribution in [0.5, 0.6) is 0 Å². The summed E-state index contributed by atoms with van der Waals surface area (Å²) in [7, 11) is 1.44. The molecule has 0 saturated carbocycles. The van der Waals surface area contributed by atoms with Gasteiger partial charge in [0.25, 0.3) is 0 Å². The molecule has 89 valence electrons. The van der Waals surface area contributed by atoms with E-state index in [4.69, 9.17) is 9.15 Å². The molecule has 0 atom stereocenters. The van der Waals surface area contributed by atoms with Crippen LogP contribution < -0.4 is 5.43 Å². The van der Waals surface area contributed by atoms with Crippen molar-refractivity contribution in [3.05, 3.63) is 41.9 Å². The van der Waals surface area contributed by atoms with E-state index in [9.17, 15) is 4.79 Å². The Morgan fingerprint density at radius 3 is 3.00 bits per heavy atom. The molecule has 18 heavy (non-hydrogen) atoms. The van der Waals surface area contributed by atoms with E-state index in [-0.39, 0.29) is 5.76 Å². The lowest BCUT2D eigenvalue weighted by molar-refractivity contribution is -0.120. The Morgan fingerprint density at radius 2 is 2.17 bits per heavy atom. The number of fused-ring (bicyclic) bond motifs is 1. The van der Waals surface area contributed by atoms with Gasteiger partial charge < -0.3 is 9.15 Å². The highest BCUT2D eigenvalue weighted by atomic mass is 16.5. The summed E-state index contributed by atoms with van der Waals surface area (Å²) in [5.74, 6) is -0.283. The monoisotopic (exact) mass is 241 g/mol. The highest BCUT2D eigenvalue weighted by Gasteiger charge is 2.22. The van der Waals surface area contributed by atoms with Crippen LogP contribution in [0.15, 0.2) is 45.8 Å². The Bertz CT molecular complexity index is 682. The third kappa shape index (κ3) is 1.48. The smallest absolute Gasteiger partial charge is 0.331 e. The zero-order valence-electron chi connectivity index (χ0n) is 9.58. The summed E-state index contributed by atoms with van der Waals surface area (Å²) < 4.78 is 10.4. The topological polar surface area (TPSA) is 65.9 Å². The highest BCUT2D eigenvalue weighted by molar-refractivity contribution is 6.22. The van der Waals surface area contributed by atoms with Crippen molar-refractivity contribution in [2.45, 2.75) is 0 Å². The quantitative estimate of drug-likeness (QED) is 0.806. The number of carbonyl (C=O) groups is 1. The maximum atomic E-state index is 11.6. The summed E-state index contributed by atoms with van der Waals surface area (Å²) in [5, 5.41) is 4.59. The molecule has 1 amide bonds. The molecule has 0 bridgehead atoms. The predicted molar refractivity (Wildman–Crippen MR) is 65.8 cm³/mol. The number of rotatable bonds is 2. The number of amides is 1. The van der Waals surface area contributed by atoms with Crippen molar-refractivity contribution in [3.63, 3.8) is 0 Å². The lowest BCUT2D eigenvalue weighted by Crippen LogP contribution is -2.20. The zero-order chi connectivity index (χ0) is 12.5. The lowest BCUT2D eigenvalue weighted by atomic mass is 10.0. The summed E-state index contributed by atoms with van der Waals surface area (Å²) in [6, 6.07) is 7.44. The van der Waals surface area contributed by atoms with Gasteiger partial charge in [-0.2, -0.15) is 5.10 Å². The molecule has 0 fully saturated rings. The molecule has 3 rings (SSSR count). The fourth-order valence-electron chi connectivity index (χ4n) is 1.98. The van der Waals surface area contributed by atoms with Gasteiger partial charge in [-0.1, -0.05) is 12.1 Å². The van der Waals surface area contributed by atoms with E-state index in [0.29, 0.717) is 5.57 Å². The van der Waals surface area contributed by atoms with Crippen molar-refractivity contribution in [2.24, 2.45) is 5.10 Å². The van der Waals surface area contributed by atoms with E-state index in [2.05, 4.69) is 10.5 Å². The van der Waals surface area contributed by atoms with Crippen LogP contribution in [0.2, 0.25) is 0 Å². The number of allylic oxidation sites excluding steroid dienone is 1. The molecule has 1 radical (unpaired) electrons. The van der Waals surface area contributed by atoms with Crippen LogP contribution in [0.3, 0.4) is 0 Å². The highest BCUT2D eigenvalue weighted by Crippen LogP contribution is 2.28. The van der Waals surface area contributed by atoms with Gasteiger partial charge in [0.15, 0.2) is 5.76 Å². The molecule has 0 N–H and O–H groups in total. The van der Waals surface area contributed by atoms with Crippen LogP contribution in [0.4, 0.5) is 0 Å². The van der Waals surface area contributed by atoms with Gasteiger partial charge in [0.2, 0.25) is 0 Å². The number of ether oxygens (including phenoxy) is 1. The molecule has 5 nitrogen and oxygen atoms in total. The molecule has 1 aliphatic rings. The largest absolute Gasteiger partial charge is 0.491 e. The summed E-state index contributed by atoms with van der Waals surface area (Å²) in [6.45, 7) is 0. The molecule has 0 saturated heterocycles. The second-order valence-electron chi connectivity index (χ2n) is 3.73. The van der Waals surface area contributed by atoms with E-state index >= 15 is 0 Å². The van der Waals surface area contributed by atoms with Gasteiger partial charge >= 0.3 is 5.91 Å². The van der Waals surface area contributed by atoms with Crippen molar-refractivity contribution in [1.82, 2.24) is 5.43 Å². The molecule has 0 spiro atoms. The SMILES string of the molecule is COC1=C(c2cccc3occc23)C=N[N]C1=O. The maximum absolute atomic E-state index is 11.6. The minimum absolute atomic E-state index is 0.193. The van der Waals surface area contributed by atoms with E-state index < -0.39 is 5.91 Å². The van der Waals surface area contributed by atoms with Crippen LogP contribution in [0.1, 0.15) is 5.56 Å². The first-order valence-electron chi connectivity index (χ1n) is 5.34. The van der Waals surface area contributed by atoms with Crippen molar-refractivity contribution in [1.29, 1.82) is 0 Å². The first-order valence-corrected chi connectivity index (χ1v) is 5.34. The predicted octanol–water partition coefficient (Wildman–Crippen LogP) is 1.92. The van der Waals surface area contributed by atoms with Crippen molar-refractivity contribution in [2.75, 3.05) is 7.11 Å². The van der Waals surface area contributed by atoms with E-state index in [1.807, 2.05) is 24.3 Å². The summed E-state index contributed by atoms with van der Waals surface area (Å²) >= 11 is 0. The number of nitrogens with zero attached hydrogens (tertiary/aromatic N) is 2. The summed E-state index contributed by atoms with van der Waals surface area (Å²) in [6.07, 6.45) is 3.12. The fraction of sp³-hybridized carbons (Fsp3) is 0.0769. The first kappa shape index (κ1) is 10.6. The zero-order valence-corrected chi connectivity index (χ0v) is 9.58. The number of carbonyl (C=O) groups excluding carboxylic acids is 1. The number of hydrogen-bond donors (Lipinski definition) is 0. The second kappa shape index (κ2) is 4.03. The molecule has 2 heterocycles. The van der Waals surface area contributed by atoms with Crippen LogP contribution in [-0.2, 0) is 9.53 Å². The van der Waals surface area contributed by atoms with Gasteiger partial charge in [-0.25, -0.2) is 0 Å². The lowest BCUT2D eigenvalue weighted by Gasteiger charge is -2.12. The molecule has 1 aromatic heterocycles. The minimum atomic E-state index is -0.476. The van der Waals surface area contributed by atoms with E-state index in [1.165, 1.54) is 13.3 Å². The van der Waals surface area contributed by atoms with Crippen molar-refractivity contribution < 1.29 is 13.9 Å². The van der Waals surface area contributed by atoms with Crippen LogP contribution in [-0.4, -0.2) is 19.2 Å². The maximum Gasteiger partial charge on any atom is 0.331 e. The van der Waals surface area contributed by atoms with E-state index in [1.54, 1.807) is 6.26 Å². The Balaban J connectivity index is 2.28.